The van der Waals surface area contributed by atoms with Crippen LogP contribution in [0.15, 0.2) is 48.7 Å². The van der Waals surface area contributed by atoms with Gasteiger partial charge in [-0.3, -0.25) is 5.10 Å². The van der Waals surface area contributed by atoms with Crippen LogP contribution < -0.4 is 5.32 Å². The van der Waals surface area contributed by atoms with E-state index in [9.17, 15) is 0 Å². The fraction of sp³-hybridized carbons (Fsp3) is 0.350. The first kappa shape index (κ1) is 13.3. The van der Waals surface area contributed by atoms with E-state index >= 15 is 0 Å². The molecule has 2 aliphatic carbocycles. The van der Waals surface area contributed by atoms with Crippen molar-refractivity contribution < 1.29 is 0 Å². The van der Waals surface area contributed by atoms with Crippen molar-refractivity contribution in [3.8, 4) is 0 Å². The highest BCUT2D eigenvalue weighted by Crippen LogP contribution is 2.61. The third-order valence-electron chi connectivity index (χ3n) is 5.85. The number of hydrogen-bond donors (Lipinski definition) is 2. The highest BCUT2D eigenvalue weighted by molar-refractivity contribution is 5.78. The molecule has 0 radical (unpaired) electrons. The summed E-state index contributed by atoms with van der Waals surface area (Å²) in [6.07, 6.45) is 5.84. The Hall–Kier alpha value is -2.13. The molecule has 23 heavy (non-hydrogen) atoms. The molecular weight excluding hydrogens is 282 g/mol. The number of aromatic amines is 1. The van der Waals surface area contributed by atoms with Crippen LogP contribution >= 0.6 is 0 Å². The van der Waals surface area contributed by atoms with E-state index < -0.39 is 0 Å². The second-order valence-corrected chi connectivity index (χ2v) is 7.14. The van der Waals surface area contributed by atoms with Gasteiger partial charge in [-0.15, -0.1) is 0 Å². The maximum Gasteiger partial charge on any atom is 0.0653 e. The zero-order valence-corrected chi connectivity index (χ0v) is 13.2. The standard InChI is InChI=1S/C20H21N3/c1-2-4-18-15(3-1)7-8-20(18)10-17(20)13-21-11-14-5-6-16-12-22-23-19(16)9-14/h1-6,9,12,17,21H,7-8,10-11,13H2,(H,22,23). The molecule has 1 spiro atoms. The molecule has 1 aromatic heterocycles. The number of benzene rings is 2. The summed E-state index contributed by atoms with van der Waals surface area (Å²) in [5, 5.41) is 12.0. The monoisotopic (exact) mass is 303 g/mol. The molecule has 116 valence electrons. The number of hydrogen-bond acceptors (Lipinski definition) is 2. The van der Waals surface area contributed by atoms with Gasteiger partial charge in [-0.05, 0) is 54.5 Å². The fourth-order valence-electron chi connectivity index (χ4n) is 4.49. The van der Waals surface area contributed by atoms with Crippen molar-refractivity contribution in [3.05, 3.63) is 65.4 Å². The SMILES string of the molecule is c1ccc2c(c1)CCC21CC1CNCc1ccc2cn[nH]c2c1. The van der Waals surface area contributed by atoms with Gasteiger partial charge in [0.25, 0.3) is 0 Å². The van der Waals surface area contributed by atoms with E-state index in [1.807, 2.05) is 6.20 Å². The highest BCUT2D eigenvalue weighted by atomic mass is 15.1. The van der Waals surface area contributed by atoms with Gasteiger partial charge in [0.15, 0.2) is 0 Å². The minimum atomic E-state index is 0.497. The van der Waals surface area contributed by atoms with Crippen molar-refractivity contribution in [2.75, 3.05) is 6.54 Å². The van der Waals surface area contributed by atoms with Gasteiger partial charge in [-0.1, -0.05) is 36.4 Å². The Labute approximate surface area is 136 Å². The van der Waals surface area contributed by atoms with E-state index in [-0.39, 0.29) is 0 Å². The Morgan fingerprint density at radius 3 is 3.17 bits per heavy atom. The van der Waals surface area contributed by atoms with Crippen LogP contribution in [-0.4, -0.2) is 16.7 Å². The zero-order chi connectivity index (χ0) is 15.3. The Kier molecular flexibility index (Phi) is 2.86. The second-order valence-electron chi connectivity index (χ2n) is 7.14. The minimum absolute atomic E-state index is 0.497. The van der Waals surface area contributed by atoms with Gasteiger partial charge in [0.05, 0.1) is 11.7 Å². The van der Waals surface area contributed by atoms with Crippen LogP contribution in [0, 0.1) is 5.92 Å². The summed E-state index contributed by atoms with van der Waals surface area (Å²) in [5.41, 5.74) is 6.15. The van der Waals surface area contributed by atoms with Crippen molar-refractivity contribution >= 4 is 10.9 Å². The third-order valence-corrected chi connectivity index (χ3v) is 5.85. The van der Waals surface area contributed by atoms with Crippen LogP contribution in [0.1, 0.15) is 29.5 Å². The normalized spacial score (nSPS) is 25.1. The first-order valence-corrected chi connectivity index (χ1v) is 8.56. The molecule has 2 atom stereocenters. The van der Waals surface area contributed by atoms with Crippen LogP contribution in [0.5, 0.6) is 0 Å². The predicted octanol–water partition coefficient (Wildman–Crippen LogP) is 3.56. The summed E-state index contributed by atoms with van der Waals surface area (Å²) in [6, 6.07) is 15.6. The lowest BCUT2D eigenvalue weighted by molar-refractivity contribution is 0.547. The summed E-state index contributed by atoms with van der Waals surface area (Å²) < 4.78 is 0. The molecular formula is C20H21N3. The smallest absolute Gasteiger partial charge is 0.0653 e. The van der Waals surface area contributed by atoms with Gasteiger partial charge in [0.1, 0.15) is 0 Å². The van der Waals surface area contributed by atoms with Gasteiger partial charge >= 0.3 is 0 Å². The lowest BCUT2D eigenvalue weighted by atomic mass is 9.95. The van der Waals surface area contributed by atoms with Crippen LogP contribution in [0.2, 0.25) is 0 Å². The number of nitrogens with one attached hydrogen (secondary N) is 2. The van der Waals surface area contributed by atoms with Crippen LogP contribution in [0.25, 0.3) is 10.9 Å². The first-order chi connectivity index (χ1) is 11.4. The molecule has 2 unspecified atom stereocenters. The van der Waals surface area contributed by atoms with E-state index in [1.54, 1.807) is 11.1 Å². The van der Waals surface area contributed by atoms with Gasteiger partial charge in [-0.2, -0.15) is 5.10 Å². The van der Waals surface area contributed by atoms with Crippen molar-refractivity contribution in [1.82, 2.24) is 15.5 Å². The molecule has 0 aliphatic heterocycles. The number of H-pyrrole nitrogens is 1. The molecule has 0 saturated heterocycles. The Bertz CT molecular complexity index is 866. The summed E-state index contributed by atoms with van der Waals surface area (Å²) in [6.45, 7) is 2.05. The van der Waals surface area contributed by atoms with Crippen molar-refractivity contribution in [3.63, 3.8) is 0 Å². The maximum absolute atomic E-state index is 4.08. The summed E-state index contributed by atoms with van der Waals surface area (Å²) in [4.78, 5) is 0. The third kappa shape index (κ3) is 2.11. The molecule has 0 bridgehead atoms. The molecule has 3 aromatic rings. The molecule has 3 heteroatoms. The Balaban J connectivity index is 1.23. The van der Waals surface area contributed by atoms with Crippen molar-refractivity contribution in [2.24, 2.45) is 5.92 Å². The van der Waals surface area contributed by atoms with Crippen LogP contribution in [-0.2, 0) is 18.4 Å². The number of aromatic nitrogens is 2. The highest BCUT2D eigenvalue weighted by Gasteiger charge is 2.57. The predicted molar refractivity (Wildman–Crippen MR) is 92.3 cm³/mol. The van der Waals surface area contributed by atoms with Gasteiger partial charge in [-0.25, -0.2) is 0 Å². The molecule has 5 rings (SSSR count). The first-order valence-electron chi connectivity index (χ1n) is 8.56. The average Bonchev–Trinajstić information content (AvgIpc) is 2.93. The summed E-state index contributed by atoms with van der Waals surface area (Å²) in [5.74, 6) is 0.807. The van der Waals surface area contributed by atoms with Crippen LogP contribution in [0.3, 0.4) is 0 Å². The van der Waals surface area contributed by atoms with E-state index in [2.05, 4.69) is 58.0 Å². The Morgan fingerprint density at radius 2 is 2.17 bits per heavy atom. The molecule has 1 heterocycles. The molecule has 2 N–H and O–H groups in total. The largest absolute Gasteiger partial charge is 0.312 e. The van der Waals surface area contributed by atoms with Crippen molar-refractivity contribution in [2.45, 2.75) is 31.2 Å². The summed E-state index contributed by atoms with van der Waals surface area (Å²) >= 11 is 0. The van der Waals surface area contributed by atoms with E-state index in [0.717, 1.165) is 24.5 Å². The van der Waals surface area contributed by atoms with E-state index in [0.29, 0.717) is 5.41 Å². The molecule has 1 fully saturated rings. The lowest BCUT2D eigenvalue weighted by Crippen LogP contribution is -2.20. The van der Waals surface area contributed by atoms with Gasteiger partial charge in [0.2, 0.25) is 0 Å². The molecule has 3 nitrogen and oxygen atoms in total. The number of nitrogens with zero attached hydrogens (tertiary/aromatic N) is 1. The topological polar surface area (TPSA) is 40.7 Å². The molecule has 0 amide bonds. The van der Waals surface area contributed by atoms with Gasteiger partial charge in [0, 0.05) is 17.3 Å². The minimum Gasteiger partial charge on any atom is -0.312 e. The van der Waals surface area contributed by atoms with E-state index in [4.69, 9.17) is 0 Å². The van der Waals surface area contributed by atoms with Crippen molar-refractivity contribution in [1.29, 1.82) is 0 Å². The van der Waals surface area contributed by atoms with Crippen LogP contribution in [0.4, 0.5) is 0 Å². The summed E-state index contributed by atoms with van der Waals surface area (Å²) in [7, 11) is 0. The van der Waals surface area contributed by atoms with E-state index in [1.165, 1.54) is 30.2 Å². The maximum atomic E-state index is 4.08. The zero-order valence-electron chi connectivity index (χ0n) is 13.2. The quantitative estimate of drug-likeness (QED) is 0.774. The molecule has 2 aromatic carbocycles. The second kappa shape index (κ2) is 4.93. The number of fused-ring (bicyclic) bond motifs is 3. The number of aryl methyl sites for hydroxylation is 1. The molecule has 1 saturated carbocycles. The fourth-order valence-corrected chi connectivity index (χ4v) is 4.49. The Morgan fingerprint density at radius 1 is 1.22 bits per heavy atom. The van der Waals surface area contributed by atoms with Gasteiger partial charge < -0.3 is 5.32 Å². The lowest BCUT2D eigenvalue weighted by Gasteiger charge is -2.12. The molecule has 2 aliphatic rings. The average molecular weight is 303 g/mol. The number of rotatable bonds is 4.